The van der Waals surface area contributed by atoms with E-state index < -0.39 is 0 Å². The SMILES string of the molecule is CCn1c(SCC(=O)NN=Cc2ccccc2Br)nnc1-c1ccc(Cl)cc1. The number of carbonyl (C=O) groups is 1. The number of halogens is 2. The number of hydrogen-bond acceptors (Lipinski definition) is 5. The smallest absolute Gasteiger partial charge is 0.250 e. The molecule has 1 N–H and O–H groups in total. The molecule has 0 atom stereocenters. The van der Waals surface area contributed by atoms with E-state index in [0.717, 1.165) is 21.4 Å². The van der Waals surface area contributed by atoms with Gasteiger partial charge in [-0.1, -0.05) is 57.5 Å². The molecule has 0 aliphatic rings. The molecule has 0 saturated carbocycles. The van der Waals surface area contributed by atoms with Gasteiger partial charge in [0.05, 0.1) is 12.0 Å². The van der Waals surface area contributed by atoms with E-state index in [0.29, 0.717) is 16.7 Å². The number of carbonyl (C=O) groups excluding carboxylic acids is 1. The van der Waals surface area contributed by atoms with Gasteiger partial charge in [0.2, 0.25) is 0 Å². The number of hydrazone groups is 1. The predicted octanol–water partition coefficient (Wildman–Crippen LogP) is 4.62. The maximum atomic E-state index is 12.1. The summed E-state index contributed by atoms with van der Waals surface area (Å²) in [6.45, 7) is 2.70. The summed E-state index contributed by atoms with van der Waals surface area (Å²) in [5, 5.41) is 13.8. The fourth-order valence-corrected chi connectivity index (χ4v) is 3.72. The Labute approximate surface area is 180 Å². The Kier molecular flexibility index (Phi) is 7.24. The zero-order chi connectivity index (χ0) is 19.9. The summed E-state index contributed by atoms with van der Waals surface area (Å²) in [5.41, 5.74) is 4.33. The fraction of sp³-hybridized carbons (Fsp3) is 0.158. The van der Waals surface area contributed by atoms with E-state index in [-0.39, 0.29) is 11.7 Å². The Bertz CT molecular complexity index is 990. The number of rotatable bonds is 7. The van der Waals surface area contributed by atoms with Gasteiger partial charge in [0.25, 0.3) is 5.91 Å². The highest BCUT2D eigenvalue weighted by atomic mass is 79.9. The average Bonchev–Trinajstić information content (AvgIpc) is 3.11. The third-order valence-electron chi connectivity index (χ3n) is 3.77. The summed E-state index contributed by atoms with van der Waals surface area (Å²) in [4.78, 5) is 12.1. The molecule has 0 bridgehead atoms. The van der Waals surface area contributed by atoms with E-state index in [4.69, 9.17) is 11.6 Å². The second-order valence-electron chi connectivity index (χ2n) is 5.66. The monoisotopic (exact) mass is 477 g/mol. The number of benzene rings is 2. The highest BCUT2D eigenvalue weighted by Gasteiger charge is 2.14. The summed E-state index contributed by atoms with van der Waals surface area (Å²) in [7, 11) is 0. The van der Waals surface area contributed by atoms with Crippen molar-refractivity contribution < 1.29 is 4.79 Å². The number of aromatic nitrogens is 3. The van der Waals surface area contributed by atoms with E-state index in [1.54, 1.807) is 6.21 Å². The topological polar surface area (TPSA) is 72.2 Å². The van der Waals surface area contributed by atoms with Crippen molar-refractivity contribution in [3.05, 3.63) is 63.6 Å². The van der Waals surface area contributed by atoms with Crippen LogP contribution in [0, 0.1) is 0 Å². The summed E-state index contributed by atoms with van der Waals surface area (Å²) in [6.07, 6.45) is 1.60. The highest BCUT2D eigenvalue weighted by Crippen LogP contribution is 2.25. The Morgan fingerprint density at radius 3 is 2.71 bits per heavy atom. The first-order chi connectivity index (χ1) is 13.6. The lowest BCUT2D eigenvalue weighted by Crippen LogP contribution is -2.20. The quantitative estimate of drug-likeness (QED) is 0.305. The lowest BCUT2D eigenvalue weighted by Gasteiger charge is -2.07. The van der Waals surface area contributed by atoms with Gasteiger partial charge in [-0.2, -0.15) is 5.10 Å². The van der Waals surface area contributed by atoms with Crippen molar-refractivity contribution >= 4 is 51.4 Å². The van der Waals surface area contributed by atoms with Crippen molar-refractivity contribution in [2.45, 2.75) is 18.6 Å². The maximum Gasteiger partial charge on any atom is 0.250 e. The zero-order valence-corrected chi connectivity index (χ0v) is 18.1. The van der Waals surface area contributed by atoms with Gasteiger partial charge in [-0.3, -0.25) is 4.79 Å². The van der Waals surface area contributed by atoms with Crippen LogP contribution in [-0.2, 0) is 11.3 Å². The molecule has 1 aromatic heterocycles. The zero-order valence-electron chi connectivity index (χ0n) is 15.0. The van der Waals surface area contributed by atoms with Crippen molar-refractivity contribution in [3.8, 4) is 11.4 Å². The van der Waals surface area contributed by atoms with Crippen molar-refractivity contribution in [2.24, 2.45) is 5.10 Å². The maximum absolute atomic E-state index is 12.1. The normalized spacial score (nSPS) is 11.1. The molecule has 0 fully saturated rings. The van der Waals surface area contributed by atoms with Crippen LogP contribution in [0.2, 0.25) is 5.02 Å². The van der Waals surface area contributed by atoms with Crippen LogP contribution in [0.1, 0.15) is 12.5 Å². The molecule has 144 valence electrons. The number of amides is 1. The summed E-state index contributed by atoms with van der Waals surface area (Å²) in [5.74, 6) is 0.715. The lowest BCUT2D eigenvalue weighted by molar-refractivity contribution is -0.118. The van der Waals surface area contributed by atoms with E-state index in [2.05, 4.69) is 36.7 Å². The van der Waals surface area contributed by atoms with E-state index in [9.17, 15) is 4.79 Å². The molecule has 28 heavy (non-hydrogen) atoms. The number of nitrogens with zero attached hydrogens (tertiary/aromatic N) is 4. The van der Waals surface area contributed by atoms with Gasteiger partial charge in [-0.05, 0) is 37.3 Å². The van der Waals surface area contributed by atoms with Crippen LogP contribution in [0.4, 0.5) is 0 Å². The standard InChI is InChI=1S/C19H17BrClN5OS/c1-2-26-18(13-7-9-15(21)10-8-13)24-25-19(26)28-12-17(27)23-22-11-14-5-3-4-6-16(14)20/h3-11H,2,12H2,1H3,(H,23,27). The van der Waals surface area contributed by atoms with Crippen LogP contribution in [0.25, 0.3) is 11.4 Å². The van der Waals surface area contributed by atoms with Crippen LogP contribution in [0.5, 0.6) is 0 Å². The first-order valence-electron chi connectivity index (χ1n) is 8.47. The molecule has 3 aromatic rings. The second-order valence-corrected chi connectivity index (χ2v) is 7.89. The van der Waals surface area contributed by atoms with Gasteiger partial charge in [-0.15, -0.1) is 10.2 Å². The molecular weight excluding hydrogens is 462 g/mol. The third kappa shape index (κ3) is 5.21. The minimum Gasteiger partial charge on any atom is -0.302 e. The molecule has 2 aromatic carbocycles. The molecule has 6 nitrogen and oxygen atoms in total. The minimum atomic E-state index is -0.216. The highest BCUT2D eigenvalue weighted by molar-refractivity contribution is 9.10. The Hall–Kier alpha value is -2.16. The summed E-state index contributed by atoms with van der Waals surface area (Å²) < 4.78 is 2.87. The molecule has 0 radical (unpaired) electrons. The van der Waals surface area contributed by atoms with Crippen molar-refractivity contribution in [3.63, 3.8) is 0 Å². The average molecular weight is 479 g/mol. The molecule has 0 unspecified atom stereocenters. The Morgan fingerprint density at radius 1 is 1.25 bits per heavy atom. The Morgan fingerprint density at radius 2 is 2.00 bits per heavy atom. The number of nitrogens with one attached hydrogen (secondary N) is 1. The van der Waals surface area contributed by atoms with Crippen LogP contribution in [-0.4, -0.2) is 32.6 Å². The summed E-state index contributed by atoms with van der Waals surface area (Å²) in [6, 6.07) is 15.1. The molecule has 3 rings (SSSR count). The molecule has 0 saturated heterocycles. The van der Waals surface area contributed by atoms with E-state index in [1.807, 2.05) is 60.0 Å². The third-order valence-corrected chi connectivity index (χ3v) is 5.71. The van der Waals surface area contributed by atoms with Crippen LogP contribution in [0.3, 0.4) is 0 Å². The van der Waals surface area contributed by atoms with Gasteiger partial charge in [0.1, 0.15) is 0 Å². The second kappa shape index (κ2) is 9.86. The van der Waals surface area contributed by atoms with Gasteiger partial charge in [0.15, 0.2) is 11.0 Å². The molecule has 0 aliphatic heterocycles. The fourth-order valence-electron chi connectivity index (χ4n) is 2.41. The van der Waals surface area contributed by atoms with Crippen LogP contribution >= 0.6 is 39.3 Å². The van der Waals surface area contributed by atoms with E-state index in [1.165, 1.54) is 11.8 Å². The molecule has 1 heterocycles. The molecule has 0 spiro atoms. The van der Waals surface area contributed by atoms with Crippen LogP contribution in [0.15, 0.2) is 63.3 Å². The van der Waals surface area contributed by atoms with Crippen molar-refractivity contribution in [1.29, 1.82) is 0 Å². The van der Waals surface area contributed by atoms with Gasteiger partial charge < -0.3 is 4.57 Å². The van der Waals surface area contributed by atoms with Gasteiger partial charge in [0, 0.05) is 27.2 Å². The van der Waals surface area contributed by atoms with Crippen molar-refractivity contribution in [1.82, 2.24) is 20.2 Å². The van der Waals surface area contributed by atoms with Crippen molar-refractivity contribution in [2.75, 3.05) is 5.75 Å². The first kappa shape index (κ1) is 20.6. The molecule has 0 aliphatic carbocycles. The summed E-state index contributed by atoms with van der Waals surface area (Å²) >= 11 is 10.7. The predicted molar refractivity (Wildman–Crippen MR) is 117 cm³/mol. The number of thioether (sulfide) groups is 1. The van der Waals surface area contributed by atoms with Crippen LogP contribution < -0.4 is 5.43 Å². The largest absolute Gasteiger partial charge is 0.302 e. The Balaban J connectivity index is 1.60. The molecular formula is C19H17BrClN5OS. The number of hydrogen-bond donors (Lipinski definition) is 1. The van der Waals surface area contributed by atoms with Gasteiger partial charge >= 0.3 is 0 Å². The molecule has 1 amide bonds. The minimum absolute atomic E-state index is 0.187. The molecule has 9 heteroatoms. The lowest BCUT2D eigenvalue weighted by atomic mass is 10.2. The van der Waals surface area contributed by atoms with E-state index >= 15 is 0 Å². The van der Waals surface area contributed by atoms with Gasteiger partial charge in [-0.25, -0.2) is 5.43 Å². The first-order valence-corrected chi connectivity index (χ1v) is 10.6.